The molecule has 2 N–H and O–H groups in total. The molecule has 0 aromatic heterocycles. The van der Waals surface area contributed by atoms with Gasteiger partial charge in [0.05, 0.1) is 6.10 Å². The SMILES string of the molecule is C/C=C(\C)C(=O)O[C@@H]1CC(C)(C)C[C@H]2C3=CC[C@@H]4[C@@]5(C)CC[C@H](O)C(C)(C)[C@@H]5CC[C@@]4(C)[C@]3(C)CC[C@@]12C(=O)O. The Kier molecular flexibility index (Phi) is 6.86. The minimum Gasteiger partial charge on any atom is -0.481 e. The van der Waals surface area contributed by atoms with Gasteiger partial charge in [-0.3, -0.25) is 4.79 Å². The molecular weight excluding hydrogens is 500 g/mol. The molecule has 4 fully saturated rings. The number of allylic oxidation sites excluding steroid dienone is 3. The monoisotopic (exact) mass is 554 g/mol. The van der Waals surface area contributed by atoms with Gasteiger partial charge in [0.1, 0.15) is 11.5 Å². The molecule has 0 amide bonds. The molecule has 0 aromatic carbocycles. The van der Waals surface area contributed by atoms with Crippen molar-refractivity contribution in [1.82, 2.24) is 0 Å². The van der Waals surface area contributed by atoms with Gasteiger partial charge in [-0.05, 0) is 111 Å². The van der Waals surface area contributed by atoms with Crippen LogP contribution in [0.4, 0.5) is 0 Å². The fraction of sp³-hybridized carbons (Fsp3) is 0.829. The van der Waals surface area contributed by atoms with Crippen LogP contribution < -0.4 is 0 Å². The van der Waals surface area contributed by atoms with Gasteiger partial charge in [0.2, 0.25) is 0 Å². The third-order valence-electron chi connectivity index (χ3n) is 14.0. The largest absolute Gasteiger partial charge is 0.481 e. The summed E-state index contributed by atoms with van der Waals surface area (Å²) in [5, 5.41) is 21.9. The van der Waals surface area contributed by atoms with Gasteiger partial charge in [0, 0.05) is 11.5 Å². The van der Waals surface area contributed by atoms with E-state index < -0.39 is 23.5 Å². The molecule has 5 aliphatic rings. The number of esters is 1. The average Bonchev–Trinajstić information content (AvgIpc) is 2.85. The van der Waals surface area contributed by atoms with Crippen LogP contribution in [0, 0.1) is 50.2 Å². The summed E-state index contributed by atoms with van der Waals surface area (Å²) in [5.74, 6) is -0.369. The summed E-state index contributed by atoms with van der Waals surface area (Å²) in [7, 11) is 0. The molecule has 0 spiro atoms. The van der Waals surface area contributed by atoms with E-state index in [0.29, 0.717) is 30.3 Å². The maximum Gasteiger partial charge on any atom is 0.333 e. The molecule has 0 saturated heterocycles. The topological polar surface area (TPSA) is 83.8 Å². The zero-order valence-electron chi connectivity index (χ0n) is 26.5. The van der Waals surface area contributed by atoms with E-state index in [0.717, 1.165) is 44.9 Å². The molecule has 40 heavy (non-hydrogen) atoms. The second-order valence-electron chi connectivity index (χ2n) is 16.5. The van der Waals surface area contributed by atoms with Crippen LogP contribution in [0.25, 0.3) is 0 Å². The fourth-order valence-corrected chi connectivity index (χ4v) is 11.3. The number of fused-ring (bicyclic) bond motifs is 7. The van der Waals surface area contributed by atoms with Crippen molar-refractivity contribution in [1.29, 1.82) is 0 Å². The summed E-state index contributed by atoms with van der Waals surface area (Å²) in [4.78, 5) is 26.4. The Balaban J connectivity index is 1.60. The van der Waals surface area contributed by atoms with Crippen molar-refractivity contribution in [3.05, 3.63) is 23.3 Å². The first-order chi connectivity index (χ1) is 18.4. The Bertz CT molecular complexity index is 1150. The molecule has 0 bridgehead atoms. The lowest BCUT2D eigenvalue weighted by Gasteiger charge is -2.71. The zero-order valence-corrected chi connectivity index (χ0v) is 26.5. The van der Waals surface area contributed by atoms with Crippen LogP contribution in [0.1, 0.15) is 120 Å². The van der Waals surface area contributed by atoms with E-state index in [4.69, 9.17) is 4.74 Å². The third-order valence-corrected chi connectivity index (χ3v) is 14.0. The lowest BCUT2D eigenvalue weighted by Crippen LogP contribution is -2.66. The van der Waals surface area contributed by atoms with Crippen molar-refractivity contribution in [3.63, 3.8) is 0 Å². The van der Waals surface area contributed by atoms with Crippen molar-refractivity contribution in [2.75, 3.05) is 0 Å². The van der Waals surface area contributed by atoms with Gasteiger partial charge in [-0.25, -0.2) is 4.79 Å². The highest BCUT2D eigenvalue weighted by atomic mass is 16.5. The Hall–Kier alpha value is -1.62. The number of carbonyl (C=O) groups is 2. The van der Waals surface area contributed by atoms with E-state index in [-0.39, 0.29) is 39.1 Å². The van der Waals surface area contributed by atoms with Crippen LogP contribution in [0.15, 0.2) is 23.3 Å². The van der Waals surface area contributed by atoms with Crippen LogP contribution in [-0.4, -0.2) is 34.4 Å². The number of carboxylic acids is 1. The van der Waals surface area contributed by atoms with Gasteiger partial charge in [0.25, 0.3) is 0 Å². The van der Waals surface area contributed by atoms with Crippen molar-refractivity contribution in [2.45, 2.75) is 132 Å². The number of hydrogen-bond acceptors (Lipinski definition) is 4. The van der Waals surface area contributed by atoms with Crippen LogP contribution in [-0.2, 0) is 14.3 Å². The van der Waals surface area contributed by atoms with E-state index in [9.17, 15) is 19.8 Å². The smallest absolute Gasteiger partial charge is 0.333 e. The summed E-state index contributed by atoms with van der Waals surface area (Å²) in [6.45, 7) is 20.0. The van der Waals surface area contributed by atoms with Gasteiger partial charge in [-0.1, -0.05) is 66.2 Å². The van der Waals surface area contributed by atoms with Crippen LogP contribution >= 0.6 is 0 Å². The highest BCUT2D eigenvalue weighted by molar-refractivity contribution is 5.88. The van der Waals surface area contributed by atoms with Crippen molar-refractivity contribution < 1.29 is 24.5 Å². The lowest BCUT2D eigenvalue weighted by atomic mass is 9.33. The normalized spacial score (nSPS) is 47.5. The van der Waals surface area contributed by atoms with Crippen molar-refractivity contribution in [2.24, 2.45) is 50.2 Å². The molecule has 0 aromatic rings. The van der Waals surface area contributed by atoms with Gasteiger partial charge in [0.15, 0.2) is 0 Å². The number of aliphatic hydroxyl groups is 1. The fourth-order valence-electron chi connectivity index (χ4n) is 11.3. The average molecular weight is 555 g/mol. The molecule has 0 heterocycles. The Labute approximate surface area is 242 Å². The number of carbonyl (C=O) groups excluding carboxylic acids is 1. The highest BCUT2D eigenvalue weighted by Crippen LogP contribution is 2.75. The molecule has 5 heteroatoms. The third kappa shape index (κ3) is 3.81. The first-order valence-corrected chi connectivity index (χ1v) is 15.9. The Morgan fingerprint density at radius 1 is 0.950 bits per heavy atom. The molecule has 5 nitrogen and oxygen atoms in total. The minimum absolute atomic E-state index is 0.0562. The number of hydrogen-bond donors (Lipinski definition) is 2. The second-order valence-corrected chi connectivity index (χ2v) is 16.5. The number of aliphatic carboxylic acids is 1. The Morgan fingerprint density at radius 3 is 2.25 bits per heavy atom. The van der Waals surface area contributed by atoms with Crippen LogP contribution in [0.2, 0.25) is 0 Å². The number of rotatable bonds is 3. The molecule has 0 aliphatic heterocycles. The van der Waals surface area contributed by atoms with Crippen molar-refractivity contribution in [3.8, 4) is 0 Å². The molecule has 224 valence electrons. The van der Waals surface area contributed by atoms with E-state index in [1.807, 2.05) is 6.92 Å². The maximum absolute atomic E-state index is 13.4. The molecule has 0 unspecified atom stereocenters. The van der Waals surface area contributed by atoms with Gasteiger partial charge in [-0.15, -0.1) is 0 Å². The first-order valence-electron chi connectivity index (χ1n) is 15.9. The lowest BCUT2D eigenvalue weighted by molar-refractivity contribution is -0.215. The van der Waals surface area contributed by atoms with Crippen molar-refractivity contribution >= 4 is 11.9 Å². The standard InChI is InChI=1S/C35H54O5/c1-10-21(2)28(37)40-27-20-30(3,4)19-23-22-11-12-25-32(7)15-14-26(36)31(5,6)24(32)13-16-34(25,9)33(22,8)17-18-35(23,27)29(38)39/h10-11,23-27,36H,12-20H2,1-9H3,(H,38,39)/b21-10+/t23-,24-,25+,26-,27+,32-,33+,34+,35-/m0/s1. The van der Waals surface area contributed by atoms with E-state index >= 15 is 0 Å². The van der Waals surface area contributed by atoms with E-state index in [2.05, 4.69) is 54.5 Å². The molecular formula is C35H54O5. The summed E-state index contributed by atoms with van der Waals surface area (Å²) >= 11 is 0. The van der Waals surface area contributed by atoms with Crippen LogP contribution in [0.3, 0.4) is 0 Å². The number of ether oxygens (including phenoxy) is 1. The van der Waals surface area contributed by atoms with Gasteiger partial charge >= 0.3 is 11.9 Å². The second kappa shape index (κ2) is 9.19. The van der Waals surface area contributed by atoms with Gasteiger partial charge in [-0.2, -0.15) is 0 Å². The highest BCUT2D eigenvalue weighted by Gasteiger charge is 2.71. The zero-order chi connectivity index (χ0) is 29.7. The van der Waals surface area contributed by atoms with Gasteiger partial charge < -0.3 is 14.9 Å². The maximum atomic E-state index is 13.4. The summed E-state index contributed by atoms with van der Waals surface area (Å²) in [6, 6.07) is 0. The summed E-state index contributed by atoms with van der Waals surface area (Å²) < 4.78 is 6.14. The summed E-state index contributed by atoms with van der Waals surface area (Å²) in [5.41, 5.74) is 0.632. The predicted octanol–water partition coefficient (Wildman–Crippen LogP) is 7.72. The number of carboxylic acid groups (broad SMARTS) is 1. The molecule has 5 rings (SSSR count). The predicted molar refractivity (Wildman–Crippen MR) is 157 cm³/mol. The summed E-state index contributed by atoms with van der Waals surface area (Å²) in [6.07, 6.45) is 11.1. The Morgan fingerprint density at radius 2 is 1.62 bits per heavy atom. The molecule has 4 saturated carbocycles. The van der Waals surface area contributed by atoms with E-state index in [1.165, 1.54) is 5.57 Å². The first kappa shape index (κ1) is 29.9. The molecule has 0 radical (unpaired) electrons. The van der Waals surface area contributed by atoms with Crippen LogP contribution in [0.5, 0.6) is 0 Å². The molecule has 5 aliphatic carbocycles. The molecule has 9 atom stereocenters. The quantitative estimate of drug-likeness (QED) is 0.212. The number of aliphatic hydroxyl groups excluding tert-OH is 1. The minimum atomic E-state index is -1.09. The van der Waals surface area contributed by atoms with E-state index in [1.54, 1.807) is 13.0 Å².